The fourth-order valence-electron chi connectivity index (χ4n) is 5.27. The molecule has 2 bridgehead atoms. The van der Waals surface area contributed by atoms with Crippen molar-refractivity contribution in [1.29, 1.82) is 5.26 Å². The number of pyridine rings is 1. The Hall–Kier alpha value is -3.42. The first-order valence-corrected chi connectivity index (χ1v) is 13.3. The highest BCUT2D eigenvalue weighted by molar-refractivity contribution is 7.89. The van der Waals surface area contributed by atoms with Crippen molar-refractivity contribution in [2.75, 3.05) is 31.1 Å². The molecule has 0 spiro atoms. The van der Waals surface area contributed by atoms with Gasteiger partial charge in [0.2, 0.25) is 27.5 Å². The summed E-state index contributed by atoms with van der Waals surface area (Å²) in [5, 5.41) is 9.74. The van der Waals surface area contributed by atoms with Gasteiger partial charge in [0.25, 0.3) is 5.56 Å². The second kappa shape index (κ2) is 8.98. The zero-order valence-electron chi connectivity index (χ0n) is 19.7. The van der Waals surface area contributed by atoms with Crippen LogP contribution in [0.2, 0.25) is 0 Å². The largest absolute Gasteiger partial charge is 0.419 e. The van der Waals surface area contributed by atoms with E-state index in [1.54, 1.807) is 50.2 Å². The summed E-state index contributed by atoms with van der Waals surface area (Å²) in [4.78, 5) is 19.0. The van der Waals surface area contributed by atoms with E-state index < -0.39 is 10.0 Å². The van der Waals surface area contributed by atoms with Crippen LogP contribution in [-0.2, 0) is 16.6 Å². The predicted molar refractivity (Wildman–Crippen MR) is 131 cm³/mol. The standard InChI is InChI=1S/C25H27N5O4S/c1-3-29(4-2)35(32,33)20-10-8-18(9-11-20)24-27-21(13-26)25(34-24)28-14-17-12-19(16-28)22-6-5-7-23(31)30(22)15-17/h5-11,17,19H,3-4,12,14-16H2,1-2H3/t17-,19+/m0/s1. The van der Waals surface area contributed by atoms with Crippen molar-refractivity contribution in [2.24, 2.45) is 5.92 Å². The molecule has 2 aliphatic heterocycles. The van der Waals surface area contributed by atoms with Gasteiger partial charge >= 0.3 is 0 Å². The molecule has 2 aliphatic rings. The number of nitriles is 1. The number of aromatic nitrogens is 2. The van der Waals surface area contributed by atoms with Gasteiger partial charge in [-0.3, -0.25) is 4.79 Å². The van der Waals surface area contributed by atoms with Gasteiger partial charge in [-0.2, -0.15) is 14.6 Å². The van der Waals surface area contributed by atoms with Gasteiger partial charge in [0, 0.05) is 56.0 Å². The lowest BCUT2D eigenvalue weighted by Crippen LogP contribution is -2.47. The Balaban J connectivity index is 1.43. The number of rotatable bonds is 6. The van der Waals surface area contributed by atoms with Crippen LogP contribution >= 0.6 is 0 Å². The smallest absolute Gasteiger partial charge is 0.250 e. The zero-order valence-corrected chi connectivity index (χ0v) is 20.5. The van der Waals surface area contributed by atoms with Crippen LogP contribution in [0.1, 0.15) is 37.6 Å². The molecule has 2 atom stereocenters. The summed E-state index contributed by atoms with van der Waals surface area (Å²) in [6.07, 6.45) is 0.991. The summed E-state index contributed by atoms with van der Waals surface area (Å²) < 4.78 is 34.9. The van der Waals surface area contributed by atoms with E-state index in [4.69, 9.17) is 4.42 Å². The van der Waals surface area contributed by atoms with Crippen molar-refractivity contribution in [1.82, 2.24) is 13.9 Å². The second-order valence-corrected chi connectivity index (χ2v) is 10.9. The molecule has 5 rings (SSSR count). The first kappa shape index (κ1) is 23.3. The Morgan fingerprint density at radius 3 is 2.54 bits per heavy atom. The van der Waals surface area contributed by atoms with Gasteiger partial charge < -0.3 is 13.9 Å². The summed E-state index contributed by atoms with van der Waals surface area (Å²) in [6.45, 7) is 6.34. The topological polar surface area (TPSA) is 112 Å². The maximum Gasteiger partial charge on any atom is 0.250 e. The van der Waals surface area contributed by atoms with Crippen LogP contribution in [0.15, 0.2) is 56.6 Å². The van der Waals surface area contributed by atoms with Crippen LogP contribution in [0.25, 0.3) is 11.5 Å². The Bertz CT molecular complexity index is 1450. The zero-order chi connectivity index (χ0) is 24.7. The summed E-state index contributed by atoms with van der Waals surface area (Å²) >= 11 is 0. The molecule has 10 heteroatoms. The van der Waals surface area contributed by atoms with Gasteiger partial charge in [0.05, 0.1) is 4.90 Å². The van der Waals surface area contributed by atoms with Crippen LogP contribution in [0.3, 0.4) is 0 Å². The Morgan fingerprint density at radius 2 is 1.86 bits per heavy atom. The van der Waals surface area contributed by atoms with Gasteiger partial charge in [-0.1, -0.05) is 19.9 Å². The highest BCUT2D eigenvalue weighted by Crippen LogP contribution is 2.39. The molecule has 0 amide bonds. The Morgan fingerprint density at radius 1 is 1.11 bits per heavy atom. The Kier molecular flexibility index (Phi) is 5.99. The lowest BCUT2D eigenvalue weighted by molar-refractivity contribution is 0.275. The maximum atomic E-state index is 12.8. The van der Waals surface area contributed by atoms with E-state index in [0.29, 0.717) is 44.2 Å². The Labute approximate surface area is 204 Å². The van der Waals surface area contributed by atoms with Crippen molar-refractivity contribution >= 4 is 15.9 Å². The van der Waals surface area contributed by atoms with Crippen molar-refractivity contribution < 1.29 is 12.8 Å². The molecule has 0 N–H and O–H groups in total. The number of anilines is 1. The van der Waals surface area contributed by atoms with Crippen molar-refractivity contribution in [3.63, 3.8) is 0 Å². The number of sulfonamides is 1. The first-order chi connectivity index (χ1) is 16.8. The summed E-state index contributed by atoms with van der Waals surface area (Å²) in [7, 11) is -3.56. The van der Waals surface area contributed by atoms with Crippen molar-refractivity contribution in [3.05, 3.63) is 64.2 Å². The molecule has 0 aliphatic carbocycles. The third-order valence-corrected chi connectivity index (χ3v) is 8.99. The fourth-order valence-corrected chi connectivity index (χ4v) is 6.73. The molecule has 3 aromatic rings. The van der Waals surface area contributed by atoms with Crippen molar-refractivity contribution in [3.8, 4) is 17.5 Å². The molecule has 1 fully saturated rings. The molecular formula is C25H27N5O4S. The molecule has 0 saturated carbocycles. The van der Waals surface area contributed by atoms with Crippen LogP contribution in [0.4, 0.5) is 5.88 Å². The minimum absolute atomic E-state index is 0.0248. The number of fused-ring (bicyclic) bond motifs is 4. The number of oxazole rings is 1. The highest BCUT2D eigenvalue weighted by Gasteiger charge is 2.37. The predicted octanol–water partition coefficient (Wildman–Crippen LogP) is 3.03. The van der Waals surface area contributed by atoms with Gasteiger partial charge in [-0.05, 0) is 42.7 Å². The van der Waals surface area contributed by atoms with Crippen LogP contribution in [0, 0.1) is 17.2 Å². The van der Waals surface area contributed by atoms with Gasteiger partial charge in [-0.25, -0.2) is 8.42 Å². The van der Waals surface area contributed by atoms with E-state index >= 15 is 0 Å². The summed E-state index contributed by atoms with van der Waals surface area (Å²) in [5.74, 6) is 1.13. The number of hydrogen-bond donors (Lipinski definition) is 0. The molecule has 1 saturated heterocycles. The molecule has 1 aromatic carbocycles. The minimum atomic E-state index is -3.56. The van der Waals surface area contributed by atoms with E-state index in [9.17, 15) is 18.5 Å². The van der Waals surface area contributed by atoms with Gasteiger partial charge in [0.1, 0.15) is 6.07 Å². The van der Waals surface area contributed by atoms with Crippen LogP contribution in [0.5, 0.6) is 0 Å². The molecule has 9 nitrogen and oxygen atoms in total. The number of benzene rings is 1. The molecule has 2 aromatic heterocycles. The average molecular weight is 494 g/mol. The molecule has 0 radical (unpaired) electrons. The third-order valence-electron chi connectivity index (χ3n) is 6.93. The lowest BCUT2D eigenvalue weighted by Gasteiger charge is -2.42. The summed E-state index contributed by atoms with van der Waals surface area (Å²) in [5.41, 5.74) is 1.84. The molecule has 35 heavy (non-hydrogen) atoms. The number of nitrogens with zero attached hydrogens (tertiary/aromatic N) is 5. The third kappa shape index (κ3) is 4.05. The molecule has 0 unspecified atom stereocenters. The fraction of sp³-hybridized carbons (Fsp3) is 0.400. The normalized spacial score (nSPS) is 19.4. The quantitative estimate of drug-likeness (QED) is 0.519. The van der Waals surface area contributed by atoms with Gasteiger partial charge in [-0.15, -0.1) is 0 Å². The van der Waals surface area contributed by atoms with Gasteiger partial charge in [0.15, 0.2) is 0 Å². The van der Waals surface area contributed by atoms with E-state index in [1.165, 1.54) is 4.31 Å². The first-order valence-electron chi connectivity index (χ1n) is 11.8. The van der Waals surface area contributed by atoms with Crippen LogP contribution < -0.4 is 10.5 Å². The summed E-state index contributed by atoms with van der Waals surface area (Å²) in [6, 6.07) is 13.9. The van der Waals surface area contributed by atoms with E-state index in [-0.39, 0.29) is 33.9 Å². The minimum Gasteiger partial charge on any atom is -0.419 e. The molecule has 182 valence electrons. The molecule has 4 heterocycles. The highest BCUT2D eigenvalue weighted by atomic mass is 32.2. The average Bonchev–Trinajstić information content (AvgIpc) is 3.30. The SMILES string of the molecule is CCN(CC)S(=O)(=O)c1ccc(-c2nc(C#N)c(N3C[C@@H]4C[C@H](C3)c3cccc(=O)n3C4)o2)cc1. The monoisotopic (exact) mass is 493 g/mol. The van der Waals surface area contributed by atoms with E-state index in [0.717, 1.165) is 12.1 Å². The van der Waals surface area contributed by atoms with Crippen LogP contribution in [-0.4, -0.2) is 48.5 Å². The number of piperidine rings is 1. The van der Waals surface area contributed by atoms with Crippen molar-refractivity contribution in [2.45, 2.75) is 37.6 Å². The maximum absolute atomic E-state index is 12.8. The van der Waals surface area contributed by atoms with E-state index in [2.05, 4.69) is 11.1 Å². The number of hydrogen-bond acceptors (Lipinski definition) is 7. The lowest BCUT2D eigenvalue weighted by atomic mass is 9.83. The van der Waals surface area contributed by atoms with E-state index in [1.807, 2.05) is 15.5 Å². The molecular weight excluding hydrogens is 466 g/mol. The second-order valence-electron chi connectivity index (χ2n) is 9.00.